The van der Waals surface area contributed by atoms with Gasteiger partial charge < -0.3 is 15.8 Å². The summed E-state index contributed by atoms with van der Waals surface area (Å²) < 4.78 is 5.78. The fourth-order valence-corrected chi connectivity index (χ4v) is 5.26. The van der Waals surface area contributed by atoms with Crippen LogP contribution >= 0.6 is 45.8 Å². The number of anilines is 2. The number of nitrogens with zero attached hydrogens (tertiary/aromatic N) is 2. The molecule has 3 N–H and O–H groups in total. The molecule has 136 valence electrons. The van der Waals surface area contributed by atoms with Crippen LogP contribution in [0.5, 0.6) is 0 Å². The van der Waals surface area contributed by atoms with Gasteiger partial charge in [0.15, 0.2) is 4.34 Å². The van der Waals surface area contributed by atoms with E-state index in [-0.39, 0.29) is 18.3 Å². The van der Waals surface area contributed by atoms with Crippen LogP contribution in [-0.4, -0.2) is 34.4 Å². The van der Waals surface area contributed by atoms with Crippen molar-refractivity contribution in [3.63, 3.8) is 0 Å². The van der Waals surface area contributed by atoms with Gasteiger partial charge >= 0.3 is 5.97 Å². The molecular weight excluding hydrogens is 412 g/mol. The molecule has 7 nitrogen and oxygen atoms in total. The summed E-state index contributed by atoms with van der Waals surface area (Å²) in [5.74, 6) is -0.547. The first kappa shape index (κ1) is 18.8. The molecule has 26 heavy (non-hydrogen) atoms. The predicted octanol–water partition coefficient (Wildman–Crippen LogP) is 3.82. The summed E-state index contributed by atoms with van der Waals surface area (Å²) in [6.45, 7) is 2.01. The molecule has 0 fully saturated rings. The smallest absolute Gasteiger partial charge is 0.341 e. The zero-order valence-electron chi connectivity index (χ0n) is 13.6. The SMILES string of the molecule is CCOC(=O)c1c(-c2cccs2)csc1NC(=O)CSc1nnc(N)s1. The third-order valence-corrected chi connectivity index (χ3v) is 6.74. The highest BCUT2D eigenvalue weighted by molar-refractivity contribution is 8.01. The number of thioether (sulfide) groups is 1. The van der Waals surface area contributed by atoms with E-state index in [1.54, 1.807) is 6.92 Å². The molecule has 11 heteroatoms. The van der Waals surface area contributed by atoms with E-state index in [9.17, 15) is 9.59 Å². The Kier molecular flexibility index (Phi) is 6.25. The number of hydrogen-bond acceptors (Lipinski definition) is 10. The summed E-state index contributed by atoms with van der Waals surface area (Å²) in [5, 5.41) is 15.0. The largest absolute Gasteiger partial charge is 0.462 e. The molecule has 0 bridgehead atoms. The summed E-state index contributed by atoms with van der Waals surface area (Å²) in [7, 11) is 0. The number of rotatable bonds is 7. The molecule has 0 atom stereocenters. The number of nitrogens with one attached hydrogen (secondary N) is 1. The molecule has 1 amide bonds. The lowest BCUT2D eigenvalue weighted by molar-refractivity contribution is -0.113. The number of amides is 1. The molecule has 0 unspecified atom stereocenters. The van der Waals surface area contributed by atoms with E-state index in [0.717, 1.165) is 10.4 Å². The molecule has 0 saturated heterocycles. The van der Waals surface area contributed by atoms with E-state index in [4.69, 9.17) is 10.5 Å². The van der Waals surface area contributed by atoms with Crippen molar-refractivity contribution in [3.05, 3.63) is 28.5 Å². The molecule has 0 aromatic carbocycles. The van der Waals surface area contributed by atoms with Gasteiger partial charge in [-0.1, -0.05) is 29.2 Å². The quantitative estimate of drug-likeness (QED) is 0.437. The third kappa shape index (κ3) is 4.41. The molecule has 3 rings (SSSR count). The number of carbonyl (C=O) groups is 2. The van der Waals surface area contributed by atoms with Crippen molar-refractivity contribution in [2.24, 2.45) is 0 Å². The van der Waals surface area contributed by atoms with Crippen molar-refractivity contribution in [2.45, 2.75) is 11.3 Å². The second-order valence-corrected chi connectivity index (χ2v) is 8.85. The van der Waals surface area contributed by atoms with Crippen LogP contribution in [0.25, 0.3) is 10.4 Å². The van der Waals surface area contributed by atoms with E-state index < -0.39 is 5.97 Å². The highest BCUT2D eigenvalue weighted by atomic mass is 32.2. The lowest BCUT2D eigenvalue weighted by atomic mass is 10.1. The zero-order valence-corrected chi connectivity index (χ0v) is 16.8. The monoisotopic (exact) mass is 426 g/mol. The second kappa shape index (κ2) is 8.62. The van der Waals surface area contributed by atoms with Crippen LogP contribution in [0.3, 0.4) is 0 Å². The average molecular weight is 427 g/mol. The van der Waals surface area contributed by atoms with Crippen molar-refractivity contribution in [3.8, 4) is 10.4 Å². The van der Waals surface area contributed by atoms with Gasteiger partial charge in [-0.15, -0.1) is 32.9 Å². The van der Waals surface area contributed by atoms with Gasteiger partial charge in [0.2, 0.25) is 11.0 Å². The third-order valence-electron chi connectivity index (χ3n) is 3.06. The van der Waals surface area contributed by atoms with Crippen LogP contribution in [0.1, 0.15) is 17.3 Å². The summed E-state index contributed by atoms with van der Waals surface area (Å²) in [6.07, 6.45) is 0. The van der Waals surface area contributed by atoms with Crippen molar-refractivity contribution < 1.29 is 14.3 Å². The van der Waals surface area contributed by atoms with Crippen LogP contribution in [0.15, 0.2) is 27.2 Å². The maximum atomic E-state index is 12.4. The molecule has 3 aromatic heterocycles. The lowest BCUT2D eigenvalue weighted by Gasteiger charge is -2.07. The van der Waals surface area contributed by atoms with Crippen LogP contribution in [0.4, 0.5) is 10.1 Å². The standard InChI is InChI=1S/C15H14N4O3S4/c1-2-22-13(21)11-8(9-4-3-5-23-9)6-24-12(11)17-10(20)7-25-15-19-18-14(16)26-15/h3-6H,2,7H2,1H3,(H2,16,18)(H,17,20). The Morgan fingerprint density at radius 1 is 1.35 bits per heavy atom. The Morgan fingerprint density at radius 3 is 2.85 bits per heavy atom. The number of hydrogen-bond donors (Lipinski definition) is 2. The fraction of sp³-hybridized carbons (Fsp3) is 0.200. The van der Waals surface area contributed by atoms with Crippen LogP contribution < -0.4 is 11.1 Å². The van der Waals surface area contributed by atoms with Crippen molar-refractivity contribution in [1.82, 2.24) is 10.2 Å². The van der Waals surface area contributed by atoms with Gasteiger partial charge in [-0.3, -0.25) is 4.79 Å². The Hall–Kier alpha value is -1.95. The van der Waals surface area contributed by atoms with Gasteiger partial charge in [0.05, 0.1) is 12.4 Å². The van der Waals surface area contributed by atoms with Gasteiger partial charge in [0.25, 0.3) is 0 Å². The van der Waals surface area contributed by atoms with Gasteiger partial charge in [0.1, 0.15) is 10.6 Å². The van der Waals surface area contributed by atoms with Crippen molar-refractivity contribution in [1.29, 1.82) is 0 Å². The molecule has 0 radical (unpaired) electrons. The van der Waals surface area contributed by atoms with Gasteiger partial charge in [0, 0.05) is 15.8 Å². The second-order valence-electron chi connectivity index (χ2n) is 4.79. The summed E-state index contributed by atoms with van der Waals surface area (Å²) in [4.78, 5) is 25.6. The zero-order chi connectivity index (χ0) is 18.5. The molecule has 0 spiro atoms. The number of nitrogen functional groups attached to an aromatic ring is 1. The Morgan fingerprint density at radius 2 is 2.19 bits per heavy atom. The number of thiophene rings is 2. The van der Waals surface area contributed by atoms with Gasteiger partial charge in [-0.2, -0.15) is 0 Å². The van der Waals surface area contributed by atoms with Gasteiger partial charge in [-0.25, -0.2) is 4.79 Å². The molecular formula is C15H14N4O3S4. The molecule has 3 aromatic rings. The molecule has 0 aliphatic carbocycles. The van der Waals surface area contributed by atoms with Gasteiger partial charge in [-0.05, 0) is 18.4 Å². The molecule has 0 aliphatic heterocycles. The minimum absolute atomic E-state index is 0.142. The average Bonchev–Trinajstić information content (AvgIpc) is 3.33. The Balaban J connectivity index is 1.76. The number of esters is 1. The van der Waals surface area contributed by atoms with Crippen LogP contribution in [-0.2, 0) is 9.53 Å². The Bertz CT molecular complexity index is 904. The van der Waals surface area contributed by atoms with Crippen molar-refractivity contribution >= 4 is 67.8 Å². The summed E-state index contributed by atoms with van der Waals surface area (Å²) in [6, 6.07) is 3.84. The summed E-state index contributed by atoms with van der Waals surface area (Å²) >= 11 is 5.29. The topological polar surface area (TPSA) is 107 Å². The predicted molar refractivity (Wildman–Crippen MR) is 107 cm³/mol. The first-order valence-electron chi connectivity index (χ1n) is 7.42. The Labute approximate surface area is 165 Å². The normalized spacial score (nSPS) is 10.7. The van der Waals surface area contributed by atoms with E-state index in [1.165, 1.54) is 45.8 Å². The maximum Gasteiger partial charge on any atom is 0.341 e. The van der Waals surface area contributed by atoms with E-state index in [2.05, 4.69) is 15.5 Å². The number of carbonyl (C=O) groups excluding carboxylic acids is 2. The number of ether oxygens (including phenoxy) is 1. The summed E-state index contributed by atoms with van der Waals surface area (Å²) in [5.41, 5.74) is 6.68. The first-order chi connectivity index (χ1) is 12.6. The highest BCUT2D eigenvalue weighted by Crippen LogP contribution is 2.38. The first-order valence-corrected chi connectivity index (χ1v) is 11.0. The molecule has 0 saturated carbocycles. The lowest BCUT2D eigenvalue weighted by Crippen LogP contribution is -2.16. The molecule has 0 aliphatic rings. The highest BCUT2D eigenvalue weighted by Gasteiger charge is 2.23. The van der Waals surface area contributed by atoms with Crippen LogP contribution in [0, 0.1) is 0 Å². The van der Waals surface area contributed by atoms with E-state index >= 15 is 0 Å². The number of nitrogens with two attached hydrogens (primary N) is 1. The number of aromatic nitrogens is 2. The van der Waals surface area contributed by atoms with E-state index in [0.29, 0.717) is 20.0 Å². The minimum Gasteiger partial charge on any atom is -0.462 e. The maximum absolute atomic E-state index is 12.4. The van der Waals surface area contributed by atoms with Crippen LogP contribution in [0.2, 0.25) is 0 Å². The van der Waals surface area contributed by atoms with Crippen molar-refractivity contribution in [2.75, 3.05) is 23.4 Å². The minimum atomic E-state index is -0.447. The van der Waals surface area contributed by atoms with E-state index in [1.807, 2.05) is 22.9 Å². The fourth-order valence-electron chi connectivity index (χ4n) is 2.04. The molecule has 3 heterocycles.